The molecule has 0 fully saturated rings. The van der Waals surface area contributed by atoms with Crippen LogP contribution in [0.2, 0.25) is 0 Å². The zero-order valence-corrected chi connectivity index (χ0v) is 14.6. The Bertz CT molecular complexity index is 756. The van der Waals surface area contributed by atoms with E-state index in [2.05, 4.69) is 5.32 Å². The lowest BCUT2D eigenvalue weighted by Gasteiger charge is -2.31. The maximum absolute atomic E-state index is 12.6. The molecule has 0 saturated heterocycles. The van der Waals surface area contributed by atoms with Crippen LogP contribution in [0.1, 0.15) is 24.9 Å². The van der Waals surface area contributed by atoms with Gasteiger partial charge in [-0.1, -0.05) is 6.92 Å². The Labute approximate surface area is 135 Å². The van der Waals surface area contributed by atoms with Crippen LogP contribution in [0.4, 0.5) is 0 Å². The van der Waals surface area contributed by atoms with E-state index in [4.69, 9.17) is 14.3 Å². The summed E-state index contributed by atoms with van der Waals surface area (Å²) >= 11 is 0. The van der Waals surface area contributed by atoms with Crippen LogP contribution in [0.25, 0.3) is 0 Å². The summed E-state index contributed by atoms with van der Waals surface area (Å²) in [6, 6.07) is 0.822. The summed E-state index contributed by atoms with van der Waals surface area (Å²) in [5.74, 6) is 0. The van der Waals surface area contributed by atoms with Crippen LogP contribution in [0.5, 0.6) is 0 Å². The van der Waals surface area contributed by atoms with E-state index in [9.17, 15) is 16.8 Å². The van der Waals surface area contributed by atoms with Crippen LogP contribution >= 0.6 is 0 Å². The maximum Gasteiger partial charge on any atom is 0.276 e. The summed E-state index contributed by atoms with van der Waals surface area (Å²) in [6.07, 6.45) is 0.520. The van der Waals surface area contributed by atoms with E-state index >= 15 is 0 Å². The second-order valence-electron chi connectivity index (χ2n) is 5.17. The summed E-state index contributed by atoms with van der Waals surface area (Å²) in [7, 11) is -6.49. The number of likely N-dealkylation sites (N-methyl/N-ethyl adjacent to an activating group) is 1. The van der Waals surface area contributed by atoms with Crippen LogP contribution < -0.4 is 10.5 Å². The smallest absolute Gasteiger partial charge is 0.276 e. The van der Waals surface area contributed by atoms with Crippen molar-refractivity contribution in [3.63, 3.8) is 0 Å². The molecule has 2 heterocycles. The van der Waals surface area contributed by atoms with E-state index in [0.29, 0.717) is 25.1 Å². The fourth-order valence-electron chi connectivity index (χ4n) is 2.49. The third-order valence-corrected chi connectivity index (χ3v) is 6.09. The van der Waals surface area contributed by atoms with E-state index < -0.39 is 25.1 Å². The van der Waals surface area contributed by atoms with Crippen LogP contribution in [-0.4, -0.2) is 54.5 Å². The molecule has 9 nitrogen and oxygen atoms in total. The van der Waals surface area contributed by atoms with Gasteiger partial charge in [-0.25, -0.2) is 22.0 Å². The van der Waals surface area contributed by atoms with Gasteiger partial charge in [0.1, 0.15) is 0 Å². The summed E-state index contributed by atoms with van der Waals surface area (Å²) in [5.41, 5.74) is 0.291. The van der Waals surface area contributed by atoms with Gasteiger partial charge in [-0.15, -0.1) is 0 Å². The van der Waals surface area contributed by atoms with Gasteiger partial charge in [0.05, 0.1) is 6.04 Å². The summed E-state index contributed by atoms with van der Waals surface area (Å²) in [5, 5.41) is 7.26. The van der Waals surface area contributed by atoms with Gasteiger partial charge >= 0.3 is 0 Å². The SMILES string of the molecule is CCN[C@H]1CN(CCCOC)S(=O)(=O)c2oc(S(N)(=O)=O)cc21. The van der Waals surface area contributed by atoms with Gasteiger partial charge in [0.15, 0.2) is 0 Å². The molecule has 1 atom stereocenters. The Morgan fingerprint density at radius 3 is 2.78 bits per heavy atom. The second kappa shape index (κ2) is 6.87. The Kier molecular flexibility index (Phi) is 5.48. The molecule has 11 heteroatoms. The predicted octanol–water partition coefficient (Wildman–Crippen LogP) is -0.382. The average Bonchev–Trinajstić information content (AvgIpc) is 2.90. The van der Waals surface area contributed by atoms with Crippen molar-refractivity contribution in [2.24, 2.45) is 5.14 Å². The maximum atomic E-state index is 12.6. The molecule has 3 N–H and O–H groups in total. The van der Waals surface area contributed by atoms with Gasteiger partial charge in [-0.2, -0.15) is 4.31 Å². The molecule has 1 aromatic rings. The lowest BCUT2D eigenvalue weighted by molar-refractivity contribution is 0.184. The number of nitrogens with one attached hydrogen (secondary N) is 1. The standard InChI is InChI=1S/C12H21N3O6S2/c1-3-14-10-8-15(5-4-6-20-2)23(18,19)12-9(10)7-11(21-12)22(13,16)17/h7,10,14H,3-6,8H2,1-2H3,(H2,13,16,17)/t10-/m0/s1. The van der Waals surface area contributed by atoms with Crippen molar-refractivity contribution >= 4 is 20.0 Å². The molecule has 0 bridgehead atoms. The van der Waals surface area contributed by atoms with Crippen LogP contribution in [0.15, 0.2) is 20.7 Å². The van der Waals surface area contributed by atoms with Gasteiger partial charge in [0.2, 0.25) is 10.2 Å². The van der Waals surface area contributed by atoms with E-state index in [1.165, 1.54) is 17.5 Å². The number of hydrogen-bond acceptors (Lipinski definition) is 7. The lowest BCUT2D eigenvalue weighted by atomic mass is 10.1. The normalized spacial score (nSPS) is 21.3. The molecule has 0 radical (unpaired) electrons. The van der Waals surface area contributed by atoms with Crippen molar-refractivity contribution in [2.75, 3.05) is 33.4 Å². The minimum absolute atomic E-state index is 0.191. The Morgan fingerprint density at radius 2 is 2.22 bits per heavy atom. The number of methoxy groups -OCH3 is 1. The van der Waals surface area contributed by atoms with Crippen LogP contribution in [-0.2, 0) is 24.8 Å². The van der Waals surface area contributed by atoms with Crippen molar-refractivity contribution in [1.29, 1.82) is 0 Å². The fraction of sp³-hybridized carbons (Fsp3) is 0.667. The Hall–Kier alpha value is -0.980. The third-order valence-electron chi connectivity index (χ3n) is 3.53. The van der Waals surface area contributed by atoms with Gasteiger partial charge < -0.3 is 14.5 Å². The molecular formula is C12H21N3O6S2. The lowest BCUT2D eigenvalue weighted by Crippen LogP contribution is -2.44. The first-order chi connectivity index (χ1) is 10.7. The number of fused-ring (bicyclic) bond motifs is 1. The number of primary sulfonamides is 1. The topological polar surface area (TPSA) is 132 Å². The third kappa shape index (κ3) is 3.75. The van der Waals surface area contributed by atoms with E-state index in [1.807, 2.05) is 6.92 Å². The molecule has 0 aliphatic carbocycles. The summed E-state index contributed by atoms with van der Waals surface area (Å²) < 4.78 is 59.4. The van der Waals surface area contributed by atoms with Gasteiger partial charge in [-0.05, 0) is 13.0 Å². The average molecular weight is 367 g/mol. The molecule has 1 aliphatic heterocycles. The van der Waals surface area contributed by atoms with E-state index in [-0.39, 0.29) is 24.2 Å². The molecule has 0 amide bonds. The highest BCUT2D eigenvalue weighted by atomic mass is 32.2. The number of nitrogens with two attached hydrogens (primary N) is 1. The summed E-state index contributed by atoms with van der Waals surface area (Å²) in [4.78, 5) is 0. The molecule has 0 unspecified atom stereocenters. The zero-order valence-electron chi connectivity index (χ0n) is 13.0. The molecule has 0 spiro atoms. The first-order valence-electron chi connectivity index (χ1n) is 7.10. The van der Waals surface area contributed by atoms with E-state index in [0.717, 1.165) is 0 Å². The minimum Gasteiger partial charge on any atom is -0.430 e. The van der Waals surface area contributed by atoms with Crippen LogP contribution in [0.3, 0.4) is 0 Å². The number of ether oxygens (including phenoxy) is 1. The van der Waals surface area contributed by atoms with Gasteiger partial charge in [0, 0.05) is 38.4 Å². The molecule has 0 aromatic carbocycles. The van der Waals surface area contributed by atoms with Gasteiger partial charge in [0.25, 0.3) is 20.0 Å². The molecule has 23 heavy (non-hydrogen) atoms. The van der Waals surface area contributed by atoms with Crippen molar-refractivity contribution in [1.82, 2.24) is 9.62 Å². The number of furan rings is 1. The molecule has 1 aromatic heterocycles. The minimum atomic E-state index is -4.12. The first-order valence-corrected chi connectivity index (χ1v) is 10.1. The number of sulfonamides is 2. The Morgan fingerprint density at radius 1 is 1.52 bits per heavy atom. The molecule has 2 rings (SSSR count). The quantitative estimate of drug-likeness (QED) is 0.628. The second-order valence-corrected chi connectivity index (χ2v) is 8.50. The fourth-order valence-corrected chi connectivity index (χ4v) is 4.67. The number of rotatable bonds is 7. The number of hydrogen-bond donors (Lipinski definition) is 2. The first kappa shape index (κ1) is 18.4. The highest BCUT2D eigenvalue weighted by Crippen LogP contribution is 2.35. The largest absolute Gasteiger partial charge is 0.430 e. The monoisotopic (exact) mass is 367 g/mol. The van der Waals surface area contributed by atoms with Crippen LogP contribution in [0, 0.1) is 0 Å². The zero-order chi connectivity index (χ0) is 17.3. The molecule has 132 valence electrons. The van der Waals surface area contributed by atoms with Crippen molar-refractivity contribution in [3.05, 3.63) is 11.6 Å². The van der Waals surface area contributed by atoms with Crippen molar-refractivity contribution in [3.8, 4) is 0 Å². The Balaban J connectivity index is 2.44. The highest BCUT2D eigenvalue weighted by molar-refractivity contribution is 7.89. The number of nitrogens with zero attached hydrogens (tertiary/aromatic N) is 1. The van der Waals surface area contributed by atoms with E-state index in [1.54, 1.807) is 0 Å². The predicted molar refractivity (Wildman–Crippen MR) is 81.8 cm³/mol. The van der Waals surface area contributed by atoms with Crippen molar-refractivity contribution < 1.29 is 26.0 Å². The van der Waals surface area contributed by atoms with Crippen molar-refractivity contribution in [2.45, 2.75) is 29.6 Å². The molecule has 1 aliphatic rings. The summed E-state index contributed by atoms with van der Waals surface area (Å²) in [6.45, 7) is 3.33. The highest BCUT2D eigenvalue weighted by Gasteiger charge is 2.41. The van der Waals surface area contributed by atoms with Gasteiger partial charge in [-0.3, -0.25) is 0 Å². The molecular weight excluding hydrogens is 346 g/mol. The molecule has 0 saturated carbocycles.